The van der Waals surface area contributed by atoms with Crippen molar-refractivity contribution in [3.05, 3.63) is 41.5 Å². The molecule has 0 atom stereocenters. The number of ether oxygens (including phenoxy) is 1. The van der Waals surface area contributed by atoms with Crippen molar-refractivity contribution in [2.75, 3.05) is 13.1 Å². The van der Waals surface area contributed by atoms with E-state index >= 15 is 0 Å². The van der Waals surface area contributed by atoms with Gasteiger partial charge in [0.25, 0.3) is 5.91 Å². The molecule has 0 spiro atoms. The molecule has 110 valence electrons. The Labute approximate surface area is 122 Å². The van der Waals surface area contributed by atoms with Gasteiger partial charge in [-0.3, -0.25) is 4.79 Å². The second kappa shape index (κ2) is 5.95. The van der Waals surface area contributed by atoms with Crippen molar-refractivity contribution in [1.29, 1.82) is 0 Å². The summed E-state index contributed by atoms with van der Waals surface area (Å²) in [6.07, 6.45) is 2.19. The predicted octanol–water partition coefficient (Wildman–Crippen LogP) is 2.19. The summed E-state index contributed by atoms with van der Waals surface area (Å²) in [5.74, 6) is 1.79. The fourth-order valence-electron chi connectivity index (χ4n) is 2.34. The van der Waals surface area contributed by atoms with Gasteiger partial charge in [-0.25, -0.2) is 0 Å². The number of aryl methyl sites for hydroxylation is 1. The number of amides is 1. The molecule has 1 aliphatic heterocycles. The van der Waals surface area contributed by atoms with Gasteiger partial charge in [0.2, 0.25) is 11.7 Å². The Balaban J connectivity index is 1.59. The standard InChI is InChI=1S/C15H17N3O3/c1-11-16-14(17-21-11)10-20-13-6-4-12(5-7-13)15(19)18-8-2-3-9-18/h4-7H,2-3,8-10H2,1H3. The number of likely N-dealkylation sites (tertiary alicyclic amines) is 1. The van der Waals surface area contributed by atoms with Crippen LogP contribution in [-0.4, -0.2) is 34.0 Å². The SMILES string of the molecule is Cc1nc(COc2ccc(C(=O)N3CCCC3)cc2)no1. The minimum Gasteiger partial charge on any atom is -0.485 e. The highest BCUT2D eigenvalue weighted by atomic mass is 16.5. The molecule has 2 aromatic rings. The van der Waals surface area contributed by atoms with Crippen molar-refractivity contribution < 1.29 is 14.1 Å². The summed E-state index contributed by atoms with van der Waals surface area (Å²) >= 11 is 0. The zero-order valence-electron chi connectivity index (χ0n) is 11.9. The molecule has 0 bridgehead atoms. The minimum absolute atomic E-state index is 0.0906. The van der Waals surface area contributed by atoms with E-state index in [9.17, 15) is 4.79 Å². The Kier molecular flexibility index (Phi) is 3.85. The lowest BCUT2D eigenvalue weighted by molar-refractivity contribution is 0.0793. The summed E-state index contributed by atoms with van der Waals surface area (Å²) in [5.41, 5.74) is 0.694. The van der Waals surface area contributed by atoms with Crippen LogP contribution in [0.4, 0.5) is 0 Å². The molecule has 1 saturated heterocycles. The Hall–Kier alpha value is -2.37. The van der Waals surface area contributed by atoms with E-state index < -0.39 is 0 Å². The van der Waals surface area contributed by atoms with Gasteiger partial charge in [0.1, 0.15) is 5.75 Å². The minimum atomic E-state index is 0.0906. The van der Waals surface area contributed by atoms with Crippen LogP contribution in [-0.2, 0) is 6.61 Å². The number of nitrogens with zero attached hydrogens (tertiary/aromatic N) is 3. The lowest BCUT2D eigenvalue weighted by atomic mass is 10.2. The van der Waals surface area contributed by atoms with Crippen LogP contribution in [0.2, 0.25) is 0 Å². The van der Waals surface area contributed by atoms with Crippen molar-refractivity contribution in [3.8, 4) is 5.75 Å². The molecule has 3 rings (SSSR count). The first-order chi connectivity index (χ1) is 10.2. The number of benzene rings is 1. The highest BCUT2D eigenvalue weighted by molar-refractivity contribution is 5.94. The highest BCUT2D eigenvalue weighted by Crippen LogP contribution is 2.17. The van der Waals surface area contributed by atoms with E-state index in [4.69, 9.17) is 9.26 Å². The normalized spacial score (nSPS) is 14.4. The van der Waals surface area contributed by atoms with Crippen LogP contribution in [0.3, 0.4) is 0 Å². The molecule has 1 amide bonds. The largest absolute Gasteiger partial charge is 0.485 e. The molecule has 6 heteroatoms. The second-order valence-corrected chi connectivity index (χ2v) is 5.04. The van der Waals surface area contributed by atoms with E-state index in [0.29, 0.717) is 23.0 Å². The molecular weight excluding hydrogens is 270 g/mol. The lowest BCUT2D eigenvalue weighted by Gasteiger charge is -2.15. The first-order valence-electron chi connectivity index (χ1n) is 7.04. The molecule has 0 radical (unpaired) electrons. The van der Waals surface area contributed by atoms with Crippen molar-refractivity contribution in [2.24, 2.45) is 0 Å². The van der Waals surface area contributed by atoms with Crippen LogP contribution in [0.25, 0.3) is 0 Å². The van der Waals surface area contributed by atoms with E-state index in [1.54, 1.807) is 31.2 Å². The third-order valence-corrected chi connectivity index (χ3v) is 3.43. The molecule has 1 aromatic carbocycles. The smallest absolute Gasteiger partial charge is 0.253 e. The number of hydrogen-bond donors (Lipinski definition) is 0. The van der Waals surface area contributed by atoms with Gasteiger partial charge < -0.3 is 14.2 Å². The molecule has 6 nitrogen and oxygen atoms in total. The summed E-state index contributed by atoms with van der Waals surface area (Å²) in [6.45, 7) is 3.69. The first kappa shape index (κ1) is 13.6. The fraction of sp³-hybridized carbons (Fsp3) is 0.400. The summed E-state index contributed by atoms with van der Waals surface area (Å²) < 4.78 is 10.4. The number of carbonyl (C=O) groups excluding carboxylic acids is 1. The van der Waals surface area contributed by atoms with Crippen molar-refractivity contribution in [1.82, 2.24) is 15.0 Å². The van der Waals surface area contributed by atoms with E-state index in [-0.39, 0.29) is 12.5 Å². The van der Waals surface area contributed by atoms with Crippen LogP contribution in [0.1, 0.15) is 34.9 Å². The van der Waals surface area contributed by atoms with Gasteiger partial charge in [-0.15, -0.1) is 0 Å². The Bertz CT molecular complexity index is 615. The molecule has 0 aliphatic carbocycles. The molecule has 1 aromatic heterocycles. The molecule has 0 N–H and O–H groups in total. The number of rotatable bonds is 4. The lowest BCUT2D eigenvalue weighted by Crippen LogP contribution is -2.27. The van der Waals surface area contributed by atoms with Gasteiger partial charge in [-0.2, -0.15) is 4.98 Å². The summed E-state index contributed by atoms with van der Waals surface area (Å²) in [7, 11) is 0. The number of hydrogen-bond acceptors (Lipinski definition) is 5. The highest BCUT2D eigenvalue weighted by Gasteiger charge is 2.19. The van der Waals surface area contributed by atoms with E-state index in [1.165, 1.54) is 0 Å². The van der Waals surface area contributed by atoms with E-state index in [0.717, 1.165) is 25.9 Å². The third kappa shape index (κ3) is 3.21. The molecule has 21 heavy (non-hydrogen) atoms. The quantitative estimate of drug-likeness (QED) is 0.862. The summed E-state index contributed by atoms with van der Waals surface area (Å²) in [4.78, 5) is 18.1. The fourth-order valence-corrected chi connectivity index (χ4v) is 2.34. The maximum Gasteiger partial charge on any atom is 0.253 e. The van der Waals surface area contributed by atoms with Crippen LogP contribution in [0, 0.1) is 6.92 Å². The van der Waals surface area contributed by atoms with Crippen LogP contribution >= 0.6 is 0 Å². The van der Waals surface area contributed by atoms with Gasteiger partial charge in [-0.05, 0) is 37.1 Å². The Morgan fingerprint density at radius 1 is 1.29 bits per heavy atom. The monoisotopic (exact) mass is 287 g/mol. The first-order valence-corrected chi connectivity index (χ1v) is 7.04. The third-order valence-electron chi connectivity index (χ3n) is 3.43. The zero-order valence-corrected chi connectivity index (χ0v) is 11.9. The predicted molar refractivity (Wildman–Crippen MR) is 74.9 cm³/mol. The maximum absolute atomic E-state index is 12.2. The average molecular weight is 287 g/mol. The van der Waals surface area contributed by atoms with Crippen LogP contribution in [0.15, 0.2) is 28.8 Å². The van der Waals surface area contributed by atoms with Gasteiger partial charge in [0, 0.05) is 25.6 Å². The molecule has 0 saturated carbocycles. The molecule has 1 fully saturated rings. The Morgan fingerprint density at radius 2 is 2.00 bits per heavy atom. The summed E-state index contributed by atoms with van der Waals surface area (Å²) in [6, 6.07) is 7.15. The van der Waals surface area contributed by atoms with E-state index in [1.807, 2.05) is 4.90 Å². The van der Waals surface area contributed by atoms with Crippen LogP contribution < -0.4 is 4.74 Å². The van der Waals surface area contributed by atoms with Crippen molar-refractivity contribution >= 4 is 5.91 Å². The van der Waals surface area contributed by atoms with Gasteiger partial charge >= 0.3 is 0 Å². The number of aromatic nitrogens is 2. The maximum atomic E-state index is 12.2. The average Bonchev–Trinajstić information content (AvgIpc) is 3.16. The summed E-state index contributed by atoms with van der Waals surface area (Å²) in [5, 5.41) is 3.76. The van der Waals surface area contributed by atoms with Crippen molar-refractivity contribution in [2.45, 2.75) is 26.4 Å². The number of carbonyl (C=O) groups is 1. The molecular formula is C15H17N3O3. The molecule has 2 heterocycles. The van der Waals surface area contributed by atoms with Crippen molar-refractivity contribution in [3.63, 3.8) is 0 Å². The second-order valence-electron chi connectivity index (χ2n) is 5.04. The van der Waals surface area contributed by atoms with Gasteiger partial charge in [-0.1, -0.05) is 5.16 Å². The van der Waals surface area contributed by atoms with Crippen LogP contribution in [0.5, 0.6) is 5.75 Å². The molecule has 1 aliphatic rings. The van der Waals surface area contributed by atoms with Gasteiger partial charge in [0.15, 0.2) is 6.61 Å². The van der Waals surface area contributed by atoms with E-state index in [2.05, 4.69) is 10.1 Å². The molecule has 0 unspecified atom stereocenters. The zero-order chi connectivity index (χ0) is 14.7. The topological polar surface area (TPSA) is 68.5 Å². The van der Waals surface area contributed by atoms with Gasteiger partial charge in [0.05, 0.1) is 0 Å². The Morgan fingerprint density at radius 3 is 2.62 bits per heavy atom.